The number of hydrogen-bond acceptors (Lipinski definition) is 7. The van der Waals surface area contributed by atoms with Gasteiger partial charge in [-0.1, -0.05) is 109 Å². The predicted molar refractivity (Wildman–Crippen MR) is 173 cm³/mol. The van der Waals surface area contributed by atoms with Crippen LogP contribution in [0.2, 0.25) is 0 Å². The number of hydrogen-bond donors (Lipinski definition) is 1. The van der Waals surface area contributed by atoms with Gasteiger partial charge in [-0.15, -0.1) is 6.58 Å². The molecule has 0 spiro atoms. The number of ether oxygens (including phenoxy) is 6. The Balaban J connectivity index is 1.47. The minimum atomic E-state index is -1.08. The highest BCUT2D eigenvalue weighted by Gasteiger charge is 2.54. The average Bonchev–Trinajstić information content (AvgIpc) is 3.10. The minimum Gasteiger partial charge on any atom is -0.497 e. The lowest BCUT2D eigenvalue weighted by Crippen LogP contribution is -2.66. The van der Waals surface area contributed by atoms with E-state index in [0.29, 0.717) is 19.8 Å². The molecule has 4 aromatic carbocycles. The molecule has 1 fully saturated rings. The molecule has 0 aromatic heterocycles. The first-order valence-corrected chi connectivity index (χ1v) is 15.3. The predicted octanol–water partition coefficient (Wildman–Crippen LogP) is 6.28. The molecule has 6 atom stereocenters. The van der Waals surface area contributed by atoms with Gasteiger partial charge in [0.2, 0.25) is 0 Å². The smallest absolute Gasteiger partial charge is 0.118 e. The van der Waals surface area contributed by atoms with Crippen LogP contribution in [-0.4, -0.2) is 55.4 Å². The van der Waals surface area contributed by atoms with Crippen molar-refractivity contribution in [2.24, 2.45) is 0 Å². The fourth-order valence-electron chi connectivity index (χ4n) is 5.49. The Morgan fingerprint density at radius 3 is 1.27 bits per heavy atom. The van der Waals surface area contributed by atoms with Crippen LogP contribution in [0.15, 0.2) is 128 Å². The van der Waals surface area contributed by atoms with Crippen molar-refractivity contribution in [2.75, 3.05) is 13.7 Å². The summed E-state index contributed by atoms with van der Waals surface area (Å²) in [6.07, 6.45) is -2.99. The van der Waals surface area contributed by atoms with Gasteiger partial charge in [0, 0.05) is 0 Å². The largest absolute Gasteiger partial charge is 0.497 e. The van der Waals surface area contributed by atoms with Crippen molar-refractivity contribution in [3.05, 3.63) is 150 Å². The molecule has 0 aliphatic heterocycles. The van der Waals surface area contributed by atoms with Crippen LogP contribution in [-0.2, 0) is 50.1 Å². The van der Waals surface area contributed by atoms with E-state index in [0.717, 1.165) is 28.0 Å². The highest BCUT2D eigenvalue weighted by atomic mass is 16.6. The van der Waals surface area contributed by atoms with Crippen LogP contribution in [0.25, 0.3) is 0 Å². The molecule has 1 N–H and O–H groups in total. The second-order valence-electron chi connectivity index (χ2n) is 11.0. The molecule has 236 valence electrons. The Kier molecular flexibility index (Phi) is 12.3. The van der Waals surface area contributed by atoms with Crippen molar-refractivity contribution in [3.63, 3.8) is 0 Å². The summed E-state index contributed by atoms with van der Waals surface area (Å²) in [5, 5.41) is 11.9. The Hall–Kier alpha value is -3.82. The summed E-state index contributed by atoms with van der Waals surface area (Å²) in [5.41, 5.74) is 3.93. The fraction of sp³-hybridized carbons (Fsp3) is 0.316. The second kappa shape index (κ2) is 17.0. The zero-order valence-electron chi connectivity index (χ0n) is 25.7. The summed E-state index contributed by atoms with van der Waals surface area (Å²) in [4.78, 5) is 0. The molecular weight excluding hydrogens is 568 g/mol. The van der Waals surface area contributed by atoms with Crippen LogP contribution in [0.1, 0.15) is 22.3 Å². The van der Waals surface area contributed by atoms with E-state index in [1.165, 1.54) is 0 Å². The molecule has 0 amide bonds. The highest BCUT2D eigenvalue weighted by molar-refractivity contribution is 5.27. The van der Waals surface area contributed by atoms with E-state index in [2.05, 4.69) is 6.58 Å². The molecule has 0 radical (unpaired) electrons. The molecule has 1 aliphatic rings. The summed E-state index contributed by atoms with van der Waals surface area (Å²) < 4.78 is 37.9. The van der Waals surface area contributed by atoms with Crippen LogP contribution in [0.3, 0.4) is 0 Å². The van der Waals surface area contributed by atoms with Gasteiger partial charge < -0.3 is 33.5 Å². The van der Waals surface area contributed by atoms with Crippen molar-refractivity contribution < 1.29 is 33.5 Å². The van der Waals surface area contributed by atoms with Crippen molar-refractivity contribution in [2.45, 2.75) is 63.1 Å². The summed E-state index contributed by atoms with van der Waals surface area (Å²) in [5.74, 6) is 0.756. The molecule has 0 bridgehead atoms. The SMILES string of the molecule is C=CCO[C@H]1[C@H](O)[C@H](OCc2ccc(OC)cc2)[C@@H](OCc2ccccc2)[C@H](OCc2ccccc2)[C@H]1OCc1ccccc1. The van der Waals surface area contributed by atoms with E-state index in [-0.39, 0.29) is 13.2 Å². The van der Waals surface area contributed by atoms with Gasteiger partial charge >= 0.3 is 0 Å². The van der Waals surface area contributed by atoms with Gasteiger partial charge in [-0.3, -0.25) is 0 Å². The van der Waals surface area contributed by atoms with Crippen LogP contribution in [0.4, 0.5) is 0 Å². The molecule has 0 saturated heterocycles. The number of benzene rings is 4. The maximum absolute atomic E-state index is 11.9. The second-order valence-corrected chi connectivity index (χ2v) is 11.0. The fourth-order valence-corrected chi connectivity index (χ4v) is 5.49. The van der Waals surface area contributed by atoms with E-state index in [1.807, 2.05) is 115 Å². The first-order valence-electron chi connectivity index (χ1n) is 15.3. The first-order chi connectivity index (χ1) is 22.2. The van der Waals surface area contributed by atoms with Crippen molar-refractivity contribution >= 4 is 0 Å². The molecule has 0 heterocycles. The van der Waals surface area contributed by atoms with E-state index < -0.39 is 36.6 Å². The Morgan fingerprint density at radius 2 is 0.867 bits per heavy atom. The lowest BCUT2D eigenvalue weighted by Gasteiger charge is -2.48. The van der Waals surface area contributed by atoms with Crippen molar-refractivity contribution in [1.29, 1.82) is 0 Å². The van der Waals surface area contributed by atoms with Crippen LogP contribution in [0.5, 0.6) is 5.75 Å². The summed E-state index contributed by atoms with van der Waals surface area (Å²) in [6.45, 7) is 5.21. The minimum absolute atomic E-state index is 0.221. The standard InChI is InChI=1S/C38H42O7/c1-3-23-41-34-33(39)35(42-27-31-19-21-32(40-2)22-20-31)37(44-25-29-15-9-5-10-16-29)38(45-26-30-17-11-6-12-18-30)36(34)43-24-28-13-7-4-8-14-28/h3-22,33-39H,1,23-27H2,2H3/t33-,34-,35-,36-,37+,38+/m0/s1. The molecule has 7 heteroatoms. The summed E-state index contributed by atoms with van der Waals surface area (Å²) in [6, 6.07) is 37.4. The molecular formula is C38H42O7. The highest BCUT2D eigenvalue weighted by Crippen LogP contribution is 2.34. The Labute approximate surface area is 265 Å². The lowest BCUT2D eigenvalue weighted by atomic mass is 9.83. The summed E-state index contributed by atoms with van der Waals surface area (Å²) >= 11 is 0. The molecule has 5 rings (SSSR count). The maximum atomic E-state index is 11.9. The van der Waals surface area contributed by atoms with Crippen LogP contribution < -0.4 is 4.74 Å². The third-order valence-electron chi connectivity index (χ3n) is 7.83. The number of aliphatic hydroxyl groups excluding tert-OH is 1. The first kappa shape index (κ1) is 32.6. The number of aliphatic hydroxyl groups is 1. The molecule has 1 saturated carbocycles. The van der Waals surface area contributed by atoms with Gasteiger partial charge in [-0.2, -0.15) is 0 Å². The third kappa shape index (κ3) is 9.11. The van der Waals surface area contributed by atoms with E-state index in [1.54, 1.807) is 13.2 Å². The van der Waals surface area contributed by atoms with Gasteiger partial charge in [-0.05, 0) is 34.4 Å². The zero-order chi connectivity index (χ0) is 31.3. The molecule has 45 heavy (non-hydrogen) atoms. The number of rotatable bonds is 16. The quantitative estimate of drug-likeness (QED) is 0.150. The van der Waals surface area contributed by atoms with Crippen molar-refractivity contribution in [1.82, 2.24) is 0 Å². The normalized spacial score (nSPS) is 23.0. The monoisotopic (exact) mass is 610 g/mol. The van der Waals surface area contributed by atoms with Gasteiger partial charge in [0.1, 0.15) is 42.4 Å². The van der Waals surface area contributed by atoms with Crippen molar-refractivity contribution in [3.8, 4) is 5.75 Å². The summed E-state index contributed by atoms with van der Waals surface area (Å²) in [7, 11) is 1.63. The Bertz CT molecular complexity index is 1400. The molecule has 1 aliphatic carbocycles. The molecule has 0 unspecified atom stereocenters. The third-order valence-corrected chi connectivity index (χ3v) is 7.83. The van der Waals surface area contributed by atoms with Crippen LogP contribution in [0, 0.1) is 0 Å². The van der Waals surface area contributed by atoms with Gasteiger partial charge in [0.15, 0.2) is 0 Å². The van der Waals surface area contributed by atoms with E-state index in [4.69, 9.17) is 28.4 Å². The van der Waals surface area contributed by atoms with Gasteiger partial charge in [0.25, 0.3) is 0 Å². The molecule has 4 aromatic rings. The van der Waals surface area contributed by atoms with Gasteiger partial charge in [0.05, 0.1) is 40.1 Å². The zero-order valence-corrected chi connectivity index (χ0v) is 25.7. The van der Waals surface area contributed by atoms with E-state index in [9.17, 15) is 5.11 Å². The lowest BCUT2D eigenvalue weighted by molar-refractivity contribution is -0.280. The topological polar surface area (TPSA) is 75.6 Å². The van der Waals surface area contributed by atoms with E-state index >= 15 is 0 Å². The maximum Gasteiger partial charge on any atom is 0.118 e. The van der Waals surface area contributed by atoms with Crippen LogP contribution >= 0.6 is 0 Å². The molecule has 7 nitrogen and oxygen atoms in total. The average molecular weight is 611 g/mol. The Morgan fingerprint density at radius 1 is 0.511 bits per heavy atom. The van der Waals surface area contributed by atoms with Gasteiger partial charge in [-0.25, -0.2) is 0 Å². The number of methoxy groups -OCH3 is 1.